The zero-order chi connectivity index (χ0) is 35.4. The number of hydrogen-bond acceptors (Lipinski definition) is 2. The molecule has 0 N–H and O–H groups in total. The summed E-state index contributed by atoms with van der Waals surface area (Å²) in [5.74, 6) is 0. The first-order valence-electron chi connectivity index (χ1n) is 19.4. The van der Waals surface area contributed by atoms with E-state index in [4.69, 9.17) is 4.42 Å². The van der Waals surface area contributed by atoms with Crippen LogP contribution in [-0.4, -0.2) is 0 Å². The minimum Gasteiger partial charge on any atom is -0.456 e. The van der Waals surface area contributed by atoms with E-state index >= 15 is 0 Å². The molecule has 3 aliphatic carbocycles. The zero-order valence-corrected chi connectivity index (χ0v) is 29.9. The van der Waals surface area contributed by atoms with Crippen molar-refractivity contribution in [2.45, 2.75) is 36.5 Å². The first kappa shape index (κ1) is 30.1. The van der Waals surface area contributed by atoms with Gasteiger partial charge in [-0.3, -0.25) is 0 Å². The summed E-state index contributed by atoms with van der Waals surface area (Å²) < 4.78 is 6.31. The van der Waals surface area contributed by atoms with E-state index < -0.39 is 0 Å². The van der Waals surface area contributed by atoms with Crippen molar-refractivity contribution in [3.05, 3.63) is 198 Å². The van der Waals surface area contributed by atoms with E-state index in [1.54, 1.807) is 0 Å². The highest BCUT2D eigenvalue weighted by molar-refractivity contribution is 6.07. The fraction of sp³-hybridized carbons (Fsp3) is 0.115. The highest BCUT2D eigenvalue weighted by Crippen LogP contribution is 2.64. The summed E-state index contributed by atoms with van der Waals surface area (Å²) in [4.78, 5) is 2.48. The van der Waals surface area contributed by atoms with E-state index in [0.29, 0.717) is 0 Å². The van der Waals surface area contributed by atoms with Crippen molar-refractivity contribution >= 4 is 49.8 Å². The molecule has 0 saturated heterocycles. The van der Waals surface area contributed by atoms with Crippen molar-refractivity contribution in [3.63, 3.8) is 0 Å². The number of rotatable bonds is 3. The Hall–Kier alpha value is -6.38. The molecule has 8 aromatic carbocycles. The quantitative estimate of drug-likeness (QED) is 0.183. The monoisotopic (exact) mass is 691 g/mol. The number of fused-ring (bicyclic) bond motifs is 14. The molecule has 0 bridgehead atoms. The number of furan rings is 1. The highest BCUT2D eigenvalue weighted by atomic mass is 16.3. The third-order valence-corrected chi connectivity index (χ3v) is 13.3. The molecule has 2 spiro atoms. The molecule has 0 aliphatic heterocycles. The van der Waals surface area contributed by atoms with Gasteiger partial charge >= 0.3 is 0 Å². The SMILES string of the molecule is c1ccc2c(c1)-c1ccccc1C21CCC2(CC1)c1ccccc1-c1ccc(N(c3ccc4oc5ccccc5c4c3)c3cccc4ccccc34)cc12. The molecule has 256 valence electrons. The van der Waals surface area contributed by atoms with Gasteiger partial charge in [-0.15, -0.1) is 0 Å². The van der Waals surface area contributed by atoms with E-state index in [9.17, 15) is 0 Å². The minimum atomic E-state index is -0.0607. The fourth-order valence-corrected chi connectivity index (χ4v) is 10.9. The molecule has 1 fully saturated rings. The Morgan fingerprint density at radius 2 is 0.870 bits per heavy atom. The molecular weight excluding hydrogens is 655 g/mol. The lowest BCUT2D eigenvalue weighted by atomic mass is 9.57. The molecule has 0 radical (unpaired) electrons. The first-order chi connectivity index (χ1) is 26.7. The maximum atomic E-state index is 6.31. The van der Waals surface area contributed by atoms with E-state index in [2.05, 4.69) is 175 Å². The second-order valence-electron chi connectivity index (χ2n) is 15.6. The Morgan fingerprint density at radius 3 is 1.57 bits per heavy atom. The highest BCUT2D eigenvalue weighted by Gasteiger charge is 2.53. The van der Waals surface area contributed by atoms with Crippen LogP contribution in [0.15, 0.2) is 180 Å². The van der Waals surface area contributed by atoms with Crippen LogP contribution >= 0.6 is 0 Å². The van der Waals surface area contributed by atoms with Gasteiger partial charge in [0.2, 0.25) is 0 Å². The van der Waals surface area contributed by atoms with Crippen molar-refractivity contribution in [2.75, 3.05) is 4.90 Å². The van der Waals surface area contributed by atoms with E-state index in [-0.39, 0.29) is 10.8 Å². The van der Waals surface area contributed by atoms with Crippen molar-refractivity contribution in [2.24, 2.45) is 0 Å². The Labute approximate surface area is 314 Å². The van der Waals surface area contributed by atoms with Crippen molar-refractivity contribution in [1.29, 1.82) is 0 Å². The number of para-hydroxylation sites is 1. The number of benzene rings is 8. The van der Waals surface area contributed by atoms with Crippen LogP contribution in [0.25, 0.3) is 55.0 Å². The molecule has 12 rings (SSSR count). The largest absolute Gasteiger partial charge is 0.456 e. The molecule has 54 heavy (non-hydrogen) atoms. The van der Waals surface area contributed by atoms with Crippen LogP contribution in [0.5, 0.6) is 0 Å². The summed E-state index contributed by atoms with van der Waals surface area (Å²) in [6.45, 7) is 0. The predicted octanol–water partition coefficient (Wildman–Crippen LogP) is 14.0. The maximum Gasteiger partial charge on any atom is 0.135 e. The van der Waals surface area contributed by atoms with Gasteiger partial charge in [-0.05, 0) is 118 Å². The Morgan fingerprint density at radius 1 is 0.370 bits per heavy atom. The van der Waals surface area contributed by atoms with E-state index in [0.717, 1.165) is 53.3 Å². The van der Waals surface area contributed by atoms with Gasteiger partial charge < -0.3 is 9.32 Å². The molecule has 0 amide bonds. The lowest BCUT2D eigenvalue weighted by molar-refractivity contribution is 0.265. The maximum absolute atomic E-state index is 6.31. The van der Waals surface area contributed by atoms with Gasteiger partial charge in [0.1, 0.15) is 11.2 Å². The van der Waals surface area contributed by atoms with E-state index in [1.165, 1.54) is 66.7 Å². The minimum absolute atomic E-state index is 0.0471. The van der Waals surface area contributed by atoms with Gasteiger partial charge in [0.25, 0.3) is 0 Å². The van der Waals surface area contributed by atoms with Crippen LogP contribution in [-0.2, 0) is 10.8 Å². The summed E-state index contributed by atoms with van der Waals surface area (Å²) in [6.07, 6.45) is 4.45. The van der Waals surface area contributed by atoms with Crippen LogP contribution in [0.1, 0.15) is 47.9 Å². The summed E-state index contributed by atoms with van der Waals surface area (Å²) in [6, 6.07) is 65.5. The number of anilines is 3. The lowest BCUT2D eigenvalue weighted by Crippen LogP contribution is -2.39. The van der Waals surface area contributed by atoms with E-state index in [1.807, 2.05) is 6.07 Å². The fourth-order valence-electron chi connectivity index (χ4n) is 10.9. The predicted molar refractivity (Wildman–Crippen MR) is 223 cm³/mol. The third-order valence-electron chi connectivity index (χ3n) is 13.3. The second kappa shape index (κ2) is 11.1. The number of hydrogen-bond donors (Lipinski definition) is 0. The second-order valence-corrected chi connectivity index (χ2v) is 15.6. The molecule has 3 aliphatic rings. The molecule has 1 heterocycles. The molecule has 2 nitrogen and oxygen atoms in total. The molecule has 2 heteroatoms. The van der Waals surface area contributed by atoms with Crippen LogP contribution in [0.2, 0.25) is 0 Å². The Balaban J connectivity index is 1.05. The summed E-state index contributed by atoms with van der Waals surface area (Å²) in [5, 5.41) is 4.73. The molecule has 1 saturated carbocycles. The molecule has 0 unspecified atom stereocenters. The van der Waals surface area contributed by atoms with Crippen molar-refractivity contribution < 1.29 is 4.42 Å². The van der Waals surface area contributed by atoms with Crippen LogP contribution in [0, 0.1) is 0 Å². The van der Waals surface area contributed by atoms with Crippen molar-refractivity contribution in [1.82, 2.24) is 0 Å². The normalized spacial score (nSPS) is 15.8. The van der Waals surface area contributed by atoms with Gasteiger partial charge in [0.15, 0.2) is 0 Å². The first-order valence-corrected chi connectivity index (χ1v) is 19.4. The molecule has 1 aromatic heterocycles. The molecule has 9 aromatic rings. The van der Waals surface area contributed by atoms with Crippen LogP contribution in [0.3, 0.4) is 0 Å². The summed E-state index contributed by atoms with van der Waals surface area (Å²) in [7, 11) is 0. The standard InChI is InChI=1S/C52H37NO/c1-2-14-37-34(12-1)13-11-22-48(37)53(35-25-27-50-43(32-35)42-18-6-10-23-49(42)54-50)36-24-26-41-40-17-5-9-21-46(40)52(47(41)33-36)30-28-51(29-31-52)44-19-7-3-15-38(44)39-16-4-8-20-45(39)51/h1-27,32-33H,28-31H2. The summed E-state index contributed by atoms with van der Waals surface area (Å²) >= 11 is 0. The lowest BCUT2D eigenvalue weighted by Gasteiger charge is -2.45. The van der Waals surface area contributed by atoms with Gasteiger partial charge in [-0.2, -0.15) is 0 Å². The topological polar surface area (TPSA) is 16.4 Å². The summed E-state index contributed by atoms with van der Waals surface area (Å²) in [5.41, 5.74) is 16.9. The third kappa shape index (κ3) is 4.00. The van der Waals surface area contributed by atoms with Gasteiger partial charge in [0, 0.05) is 38.4 Å². The average molecular weight is 692 g/mol. The Kier molecular flexibility index (Phi) is 6.17. The van der Waals surface area contributed by atoms with Gasteiger partial charge in [0.05, 0.1) is 5.69 Å². The average Bonchev–Trinajstić information content (AvgIpc) is 3.84. The zero-order valence-electron chi connectivity index (χ0n) is 29.9. The van der Waals surface area contributed by atoms with Gasteiger partial charge in [-0.1, -0.05) is 133 Å². The molecular formula is C52H37NO. The van der Waals surface area contributed by atoms with Crippen molar-refractivity contribution in [3.8, 4) is 22.3 Å². The number of nitrogens with zero attached hydrogens (tertiary/aromatic N) is 1. The Bertz CT molecular complexity index is 2920. The van der Waals surface area contributed by atoms with Crippen LogP contribution < -0.4 is 4.90 Å². The van der Waals surface area contributed by atoms with Gasteiger partial charge in [-0.25, -0.2) is 0 Å². The smallest absolute Gasteiger partial charge is 0.135 e. The van der Waals surface area contributed by atoms with Crippen LogP contribution in [0.4, 0.5) is 17.1 Å². The molecule has 0 atom stereocenters.